The molecule has 4 aromatic heterocycles. The molecule has 8 nitrogen and oxygen atoms in total. The lowest BCUT2D eigenvalue weighted by Crippen LogP contribution is -1.93. The van der Waals surface area contributed by atoms with E-state index in [9.17, 15) is 0 Å². The van der Waals surface area contributed by atoms with Crippen LogP contribution in [0.2, 0.25) is 5.15 Å². The highest BCUT2D eigenvalue weighted by Gasteiger charge is 2.15. The van der Waals surface area contributed by atoms with Gasteiger partial charge in [-0.2, -0.15) is 4.98 Å². The number of hydrogen-bond donors (Lipinski definition) is 1. The minimum absolute atomic E-state index is 0.340. The average molecular weight is 328 g/mol. The number of rotatable bonds is 3. The summed E-state index contributed by atoms with van der Waals surface area (Å²) in [7, 11) is 1.76. The molecule has 0 aliphatic heterocycles. The number of anilines is 1. The van der Waals surface area contributed by atoms with Crippen LogP contribution >= 0.6 is 11.6 Å². The van der Waals surface area contributed by atoms with Gasteiger partial charge in [0, 0.05) is 25.0 Å². The Balaban J connectivity index is 1.79. The maximum absolute atomic E-state index is 6.00. The van der Waals surface area contributed by atoms with Gasteiger partial charge in [0.2, 0.25) is 5.82 Å². The van der Waals surface area contributed by atoms with Gasteiger partial charge in [-0.3, -0.25) is 9.38 Å². The lowest BCUT2D eigenvalue weighted by atomic mass is 10.2. The topological polar surface area (TPSA) is 94.0 Å². The van der Waals surface area contributed by atoms with Crippen LogP contribution < -0.4 is 5.32 Å². The predicted molar refractivity (Wildman–Crippen MR) is 84.1 cm³/mol. The van der Waals surface area contributed by atoms with Crippen LogP contribution in [0.15, 0.2) is 41.4 Å². The van der Waals surface area contributed by atoms with Gasteiger partial charge in [-0.05, 0) is 12.1 Å². The molecule has 23 heavy (non-hydrogen) atoms. The fraction of sp³-hybridized carbons (Fsp3) is 0.0714. The third kappa shape index (κ3) is 2.38. The first-order valence-corrected chi connectivity index (χ1v) is 7.09. The fourth-order valence-electron chi connectivity index (χ4n) is 2.20. The van der Waals surface area contributed by atoms with Crippen molar-refractivity contribution in [1.82, 2.24) is 29.5 Å². The van der Waals surface area contributed by atoms with Crippen molar-refractivity contribution in [2.24, 2.45) is 0 Å². The van der Waals surface area contributed by atoms with Crippen LogP contribution in [0.5, 0.6) is 0 Å². The van der Waals surface area contributed by atoms with Crippen molar-refractivity contribution < 1.29 is 4.52 Å². The maximum Gasteiger partial charge on any atom is 0.258 e. The molecule has 0 aromatic carbocycles. The lowest BCUT2D eigenvalue weighted by molar-refractivity contribution is 0.432. The molecule has 0 aliphatic rings. The minimum Gasteiger partial charge on any atom is -0.373 e. The molecule has 0 atom stereocenters. The molecule has 4 heterocycles. The Labute approximate surface area is 135 Å². The van der Waals surface area contributed by atoms with E-state index in [-0.39, 0.29) is 0 Å². The van der Waals surface area contributed by atoms with Crippen molar-refractivity contribution in [3.63, 3.8) is 0 Å². The minimum atomic E-state index is 0.340. The van der Waals surface area contributed by atoms with Crippen LogP contribution in [-0.4, -0.2) is 36.5 Å². The third-order valence-corrected chi connectivity index (χ3v) is 3.46. The van der Waals surface area contributed by atoms with E-state index < -0.39 is 0 Å². The molecule has 0 radical (unpaired) electrons. The van der Waals surface area contributed by atoms with E-state index >= 15 is 0 Å². The van der Waals surface area contributed by atoms with Crippen molar-refractivity contribution in [1.29, 1.82) is 0 Å². The van der Waals surface area contributed by atoms with Gasteiger partial charge < -0.3 is 9.84 Å². The van der Waals surface area contributed by atoms with Crippen LogP contribution in [0.25, 0.3) is 28.6 Å². The number of hydrogen-bond acceptors (Lipinski definition) is 7. The molecule has 0 aliphatic carbocycles. The standard InChI is InChI=1S/C14H10ClN7O/c1-16-11-5-8(4-10(15)19-11)14-20-13(21-23-14)9-6-18-12-7-17-2-3-22(9)12/h2-7H,1H3,(H,16,19). The zero-order valence-corrected chi connectivity index (χ0v) is 12.7. The number of fused-ring (bicyclic) bond motifs is 1. The number of halogens is 1. The van der Waals surface area contributed by atoms with Gasteiger partial charge in [0.25, 0.3) is 5.89 Å². The van der Waals surface area contributed by atoms with E-state index in [1.165, 1.54) is 0 Å². The second kappa shape index (κ2) is 5.33. The van der Waals surface area contributed by atoms with Gasteiger partial charge in [-0.25, -0.2) is 9.97 Å². The zero-order valence-electron chi connectivity index (χ0n) is 11.9. The molecular weight excluding hydrogens is 318 g/mol. The summed E-state index contributed by atoms with van der Waals surface area (Å²) in [5.41, 5.74) is 2.10. The van der Waals surface area contributed by atoms with E-state index in [4.69, 9.17) is 16.1 Å². The summed E-state index contributed by atoms with van der Waals surface area (Å²) in [5, 5.41) is 7.29. The molecule has 0 unspecified atom stereocenters. The smallest absolute Gasteiger partial charge is 0.258 e. The van der Waals surface area contributed by atoms with Crippen LogP contribution in [0.4, 0.5) is 5.82 Å². The number of nitrogens with one attached hydrogen (secondary N) is 1. The van der Waals surface area contributed by atoms with Gasteiger partial charge in [-0.1, -0.05) is 16.8 Å². The van der Waals surface area contributed by atoms with Gasteiger partial charge in [0.05, 0.1) is 12.4 Å². The van der Waals surface area contributed by atoms with E-state index in [0.717, 1.165) is 0 Å². The Morgan fingerprint density at radius 2 is 2.13 bits per heavy atom. The van der Waals surface area contributed by atoms with E-state index in [0.29, 0.717) is 39.6 Å². The summed E-state index contributed by atoms with van der Waals surface area (Å²) in [6.45, 7) is 0. The fourth-order valence-corrected chi connectivity index (χ4v) is 2.41. The van der Waals surface area contributed by atoms with Crippen molar-refractivity contribution >= 4 is 23.1 Å². The van der Waals surface area contributed by atoms with Crippen LogP contribution in [0, 0.1) is 0 Å². The Kier molecular flexibility index (Phi) is 3.16. The Morgan fingerprint density at radius 1 is 1.22 bits per heavy atom. The number of aromatic nitrogens is 6. The molecule has 9 heteroatoms. The Morgan fingerprint density at radius 3 is 3.00 bits per heavy atom. The monoisotopic (exact) mass is 327 g/mol. The highest BCUT2D eigenvalue weighted by molar-refractivity contribution is 6.29. The molecular formula is C14H10ClN7O. The van der Waals surface area contributed by atoms with E-state index in [1.54, 1.807) is 44.0 Å². The summed E-state index contributed by atoms with van der Waals surface area (Å²) < 4.78 is 7.18. The molecule has 0 amide bonds. The molecule has 1 N–H and O–H groups in total. The van der Waals surface area contributed by atoms with Crippen molar-refractivity contribution in [2.45, 2.75) is 0 Å². The molecule has 0 saturated carbocycles. The maximum atomic E-state index is 6.00. The van der Waals surface area contributed by atoms with Gasteiger partial charge in [0.15, 0.2) is 5.65 Å². The first kappa shape index (κ1) is 13.6. The summed E-state index contributed by atoms with van der Waals surface area (Å²) in [5.74, 6) is 1.40. The van der Waals surface area contributed by atoms with Crippen LogP contribution in [0.3, 0.4) is 0 Å². The Hall–Kier alpha value is -3.00. The largest absolute Gasteiger partial charge is 0.373 e. The normalized spacial score (nSPS) is 11.0. The highest BCUT2D eigenvalue weighted by atomic mass is 35.5. The summed E-state index contributed by atoms with van der Waals surface area (Å²) >= 11 is 6.00. The molecule has 4 aromatic rings. The second-order valence-corrected chi connectivity index (χ2v) is 5.07. The van der Waals surface area contributed by atoms with Gasteiger partial charge in [0.1, 0.15) is 16.7 Å². The van der Waals surface area contributed by atoms with E-state index in [2.05, 4.69) is 30.4 Å². The predicted octanol–water partition coefficient (Wildman–Crippen LogP) is 2.54. The second-order valence-electron chi connectivity index (χ2n) is 4.68. The first-order chi connectivity index (χ1) is 11.2. The van der Waals surface area contributed by atoms with E-state index in [1.807, 2.05) is 4.40 Å². The molecule has 114 valence electrons. The Bertz CT molecular complexity index is 994. The number of imidazole rings is 1. The number of pyridine rings is 1. The molecule has 0 fully saturated rings. The van der Waals surface area contributed by atoms with Crippen molar-refractivity contribution in [2.75, 3.05) is 12.4 Å². The zero-order chi connectivity index (χ0) is 15.8. The number of nitrogens with zero attached hydrogens (tertiary/aromatic N) is 6. The highest BCUT2D eigenvalue weighted by Crippen LogP contribution is 2.26. The molecule has 0 saturated heterocycles. The average Bonchev–Trinajstić information content (AvgIpc) is 3.20. The quantitative estimate of drug-likeness (QED) is 0.578. The van der Waals surface area contributed by atoms with Gasteiger partial charge in [-0.15, -0.1) is 0 Å². The van der Waals surface area contributed by atoms with Crippen molar-refractivity contribution in [3.05, 3.63) is 42.1 Å². The summed E-state index contributed by atoms with van der Waals surface area (Å²) in [6.07, 6.45) is 6.79. The third-order valence-electron chi connectivity index (χ3n) is 3.27. The SMILES string of the molecule is CNc1cc(-c2nc(-c3cnc4cnccn34)no2)cc(Cl)n1. The van der Waals surface area contributed by atoms with Crippen LogP contribution in [-0.2, 0) is 0 Å². The molecule has 0 bridgehead atoms. The van der Waals surface area contributed by atoms with Crippen molar-refractivity contribution in [3.8, 4) is 23.0 Å². The summed E-state index contributed by atoms with van der Waals surface area (Å²) in [6, 6.07) is 3.44. The molecule has 0 spiro atoms. The first-order valence-electron chi connectivity index (χ1n) is 6.71. The lowest BCUT2D eigenvalue weighted by Gasteiger charge is -2.01. The van der Waals surface area contributed by atoms with Crippen LogP contribution in [0.1, 0.15) is 0 Å². The summed E-state index contributed by atoms with van der Waals surface area (Å²) in [4.78, 5) is 16.8. The molecule has 4 rings (SSSR count). The van der Waals surface area contributed by atoms with Gasteiger partial charge >= 0.3 is 0 Å².